The Morgan fingerprint density at radius 2 is 2.00 bits per heavy atom. The van der Waals surface area contributed by atoms with Gasteiger partial charge in [0, 0.05) is 5.56 Å². The van der Waals surface area contributed by atoms with Gasteiger partial charge in [-0.2, -0.15) is 0 Å². The molecule has 1 heterocycles. The molecule has 0 fully saturated rings. The van der Waals surface area contributed by atoms with E-state index in [9.17, 15) is 9.59 Å². The summed E-state index contributed by atoms with van der Waals surface area (Å²) in [5.41, 5.74) is 2.63. The van der Waals surface area contributed by atoms with Gasteiger partial charge in [0.1, 0.15) is 13.2 Å². The van der Waals surface area contributed by atoms with E-state index in [2.05, 4.69) is 0 Å². The van der Waals surface area contributed by atoms with Crippen molar-refractivity contribution in [1.29, 1.82) is 0 Å². The summed E-state index contributed by atoms with van der Waals surface area (Å²) in [7, 11) is 0. The van der Waals surface area contributed by atoms with Crippen molar-refractivity contribution in [2.75, 3.05) is 13.2 Å². The largest absolute Gasteiger partial charge is 0.480 e. The number of carbonyl (C=O) groups is 2. The number of ketones is 1. The molecule has 0 radical (unpaired) electrons. The molecule has 1 aliphatic heterocycles. The van der Waals surface area contributed by atoms with Gasteiger partial charge >= 0.3 is 5.97 Å². The first kappa shape index (κ1) is 11.8. The molecule has 0 amide bonds. The van der Waals surface area contributed by atoms with Crippen molar-refractivity contribution in [2.24, 2.45) is 0 Å². The second kappa shape index (κ2) is 5.07. The Balaban J connectivity index is 1.97. The zero-order valence-corrected chi connectivity index (χ0v) is 9.14. The van der Waals surface area contributed by atoms with E-state index in [1.54, 1.807) is 12.1 Å². The van der Waals surface area contributed by atoms with E-state index < -0.39 is 12.6 Å². The molecule has 0 atom stereocenters. The molecule has 1 aromatic rings. The lowest BCUT2D eigenvalue weighted by Crippen LogP contribution is -2.14. The number of aliphatic carboxylic acids is 1. The van der Waals surface area contributed by atoms with Gasteiger partial charge < -0.3 is 14.6 Å². The summed E-state index contributed by atoms with van der Waals surface area (Å²) in [5.74, 6) is -1.30. The number of carboxylic acid groups (broad SMARTS) is 1. The molecule has 1 aromatic carbocycles. The molecule has 1 aliphatic rings. The Labute approximate surface area is 98.0 Å². The summed E-state index contributed by atoms with van der Waals surface area (Å²) < 4.78 is 9.99. The normalized spacial score (nSPS) is 13.4. The first-order chi connectivity index (χ1) is 8.16. The van der Waals surface area contributed by atoms with Gasteiger partial charge in [0.05, 0.1) is 13.2 Å². The number of fused-ring (bicyclic) bond motifs is 1. The van der Waals surface area contributed by atoms with Crippen molar-refractivity contribution in [2.45, 2.75) is 13.2 Å². The smallest absolute Gasteiger partial charge is 0.329 e. The third kappa shape index (κ3) is 2.89. The molecule has 0 spiro atoms. The predicted octanol–water partition coefficient (Wildman–Crippen LogP) is 1.00. The molecule has 0 saturated heterocycles. The Morgan fingerprint density at radius 1 is 1.24 bits per heavy atom. The minimum absolute atomic E-state index is 0.216. The van der Waals surface area contributed by atoms with Crippen molar-refractivity contribution in [3.63, 3.8) is 0 Å². The van der Waals surface area contributed by atoms with E-state index in [0.717, 1.165) is 11.1 Å². The topological polar surface area (TPSA) is 72.8 Å². The summed E-state index contributed by atoms with van der Waals surface area (Å²) in [6.07, 6.45) is 0. The van der Waals surface area contributed by atoms with Crippen molar-refractivity contribution in [3.05, 3.63) is 34.9 Å². The number of benzene rings is 1. The second-order valence-electron chi connectivity index (χ2n) is 3.79. The van der Waals surface area contributed by atoms with Crippen molar-refractivity contribution in [3.8, 4) is 0 Å². The highest BCUT2D eigenvalue weighted by Crippen LogP contribution is 2.21. The fourth-order valence-corrected chi connectivity index (χ4v) is 1.66. The van der Waals surface area contributed by atoms with Crippen molar-refractivity contribution in [1.82, 2.24) is 0 Å². The molecule has 1 N–H and O–H groups in total. The van der Waals surface area contributed by atoms with Crippen LogP contribution in [0.15, 0.2) is 18.2 Å². The van der Waals surface area contributed by atoms with Crippen LogP contribution in [0.4, 0.5) is 0 Å². The van der Waals surface area contributed by atoms with Crippen LogP contribution in [0.3, 0.4) is 0 Å². The summed E-state index contributed by atoms with van der Waals surface area (Å²) in [6, 6.07) is 5.33. The van der Waals surface area contributed by atoms with Gasteiger partial charge in [-0.15, -0.1) is 0 Å². The standard InChI is InChI=1S/C12H12O5/c13-11(6-17-7-12(14)15)8-1-2-9-4-16-5-10(9)3-8/h1-3H,4-7H2,(H,14,15). The molecule has 5 heteroatoms. The van der Waals surface area contributed by atoms with Crippen LogP contribution in [-0.4, -0.2) is 30.1 Å². The van der Waals surface area contributed by atoms with Gasteiger partial charge in [0.2, 0.25) is 0 Å². The number of rotatable bonds is 5. The summed E-state index contributed by atoms with van der Waals surface area (Å²) >= 11 is 0. The van der Waals surface area contributed by atoms with Gasteiger partial charge in [-0.3, -0.25) is 4.79 Å². The minimum Gasteiger partial charge on any atom is -0.480 e. The first-order valence-corrected chi connectivity index (χ1v) is 5.19. The highest BCUT2D eigenvalue weighted by molar-refractivity contribution is 5.97. The molecular formula is C12H12O5. The number of carbonyl (C=O) groups excluding carboxylic acids is 1. The highest BCUT2D eigenvalue weighted by atomic mass is 16.5. The maximum Gasteiger partial charge on any atom is 0.329 e. The Bertz CT molecular complexity index is 452. The van der Waals surface area contributed by atoms with E-state index >= 15 is 0 Å². The van der Waals surface area contributed by atoms with E-state index in [-0.39, 0.29) is 12.4 Å². The zero-order chi connectivity index (χ0) is 12.3. The summed E-state index contributed by atoms with van der Waals surface area (Å²) in [4.78, 5) is 21.9. The first-order valence-electron chi connectivity index (χ1n) is 5.19. The van der Waals surface area contributed by atoms with Crippen LogP contribution in [-0.2, 0) is 27.5 Å². The molecule has 0 unspecified atom stereocenters. The average Bonchev–Trinajstić information content (AvgIpc) is 2.75. The van der Waals surface area contributed by atoms with Gasteiger partial charge in [0.15, 0.2) is 5.78 Å². The quantitative estimate of drug-likeness (QED) is 0.772. The maximum atomic E-state index is 11.7. The highest BCUT2D eigenvalue weighted by Gasteiger charge is 2.14. The second-order valence-corrected chi connectivity index (χ2v) is 3.79. The van der Waals surface area contributed by atoms with Crippen LogP contribution in [0.25, 0.3) is 0 Å². The van der Waals surface area contributed by atoms with Gasteiger partial charge in [0.25, 0.3) is 0 Å². The lowest BCUT2D eigenvalue weighted by molar-refractivity contribution is -0.141. The number of carboxylic acids is 1. The molecule has 5 nitrogen and oxygen atoms in total. The number of hydrogen-bond acceptors (Lipinski definition) is 4. The van der Waals surface area contributed by atoms with Crippen LogP contribution in [0.5, 0.6) is 0 Å². The number of ether oxygens (including phenoxy) is 2. The van der Waals surface area contributed by atoms with Crippen LogP contribution in [0.1, 0.15) is 21.5 Å². The van der Waals surface area contributed by atoms with Crippen LogP contribution in [0, 0.1) is 0 Å². The third-order valence-corrected chi connectivity index (χ3v) is 2.50. The maximum absolute atomic E-state index is 11.7. The average molecular weight is 236 g/mol. The zero-order valence-electron chi connectivity index (χ0n) is 9.14. The van der Waals surface area contributed by atoms with E-state index in [1.807, 2.05) is 6.07 Å². The lowest BCUT2D eigenvalue weighted by atomic mass is 10.0. The minimum atomic E-state index is -1.08. The molecule has 17 heavy (non-hydrogen) atoms. The molecule has 0 aliphatic carbocycles. The molecule has 90 valence electrons. The van der Waals surface area contributed by atoms with Gasteiger partial charge in [-0.1, -0.05) is 12.1 Å². The van der Waals surface area contributed by atoms with E-state index in [0.29, 0.717) is 18.8 Å². The van der Waals surface area contributed by atoms with Gasteiger partial charge in [-0.25, -0.2) is 4.79 Å². The summed E-state index contributed by atoms with van der Waals surface area (Å²) in [6.45, 7) is 0.428. The van der Waals surface area contributed by atoms with Crippen molar-refractivity contribution >= 4 is 11.8 Å². The molecule has 0 bridgehead atoms. The Hall–Kier alpha value is -1.72. The number of Topliss-reactive ketones (excluding diaryl/α,β-unsaturated/α-hetero) is 1. The predicted molar refractivity (Wildman–Crippen MR) is 57.7 cm³/mol. The van der Waals surface area contributed by atoms with Crippen LogP contribution >= 0.6 is 0 Å². The molecule has 0 aromatic heterocycles. The van der Waals surface area contributed by atoms with Gasteiger partial charge in [-0.05, 0) is 17.2 Å². The Kier molecular flexibility index (Phi) is 3.51. The molecular weight excluding hydrogens is 224 g/mol. The fraction of sp³-hybridized carbons (Fsp3) is 0.333. The van der Waals surface area contributed by atoms with Crippen LogP contribution < -0.4 is 0 Å². The van der Waals surface area contributed by atoms with Crippen LogP contribution in [0.2, 0.25) is 0 Å². The molecule has 0 saturated carbocycles. The fourth-order valence-electron chi connectivity index (χ4n) is 1.66. The van der Waals surface area contributed by atoms with Crippen molar-refractivity contribution < 1.29 is 24.2 Å². The van der Waals surface area contributed by atoms with E-state index in [4.69, 9.17) is 14.6 Å². The monoisotopic (exact) mass is 236 g/mol. The summed E-state index contributed by atoms with van der Waals surface area (Å²) in [5, 5.41) is 8.37. The Morgan fingerprint density at radius 3 is 2.76 bits per heavy atom. The third-order valence-electron chi connectivity index (χ3n) is 2.50. The van der Waals surface area contributed by atoms with E-state index in [1.165, 1.54) is 0 Å². The molecule has 2 rings (SSSR count). The lowest BCUT2D eigenvalue weighted by Gasteiger charge is -2.03. The SMILES string of the molecule is O=C(O)COCC(=O)c1ccc2c(c1)COC2. The number of hydrogen-bond donors (Lipinski definition) is 1.